The molecule has 0 saturated carbocycles. The van der Waals surface area contributed by atoms with Gasteiger partial charge in [0.15, 0.2) is 23.3 Å². The quantitative estimate of drug-likeness (QED) is 0.264. The summed E-state index contributed by atoms with van der Waals surface area (Å²) in [5.74, 6) is -11.6. The molecule has 1 aliphatic heterocycles. The molecule has 1 heterocycles. The third kappa shape index (κ3) is 3.76. The van der Waals surface area contributed by atoms with Crippen molar-refractivity contribution in [2.45, 2.75) is 24.8 Å². The molecule has 1 atom stereocenters. The number of amides is 2. The average Bonchev–Trinajstić information content (AvgIpc) is 2.57. The lowest BCUT2D eigenvalue weighted by atomic mass is 10.1. The van der Waals surface area contributed by atoms with Crippen molar-refractivity contribution in [3.8, 4) is 0 Å². The van der Waals surface area contributed by atoms with Crippen LogP contribution in [-0.2, 0) is 9.53 Å². The van der Waals surface area contributed by atoms with Crippen molar-refractivity contribution in [2.24, 2.45) is 0 Å². The smallest absolute Gasteiger partial charge is 0.337 e. The van der Waals surface area contributed by atoms with Crippen LogP contribution in [0.25, 0.3) is 0 Å². The predicted octanol–water partition coefficient (Wildman–Crippen LogP) is 2.99. The number of thioether (sulfide) groups is 1. The SMILES string of the molecule is CCOC(=O)C1=C(CSc2c(F)c(F)c(F)c(F)c2F)NC(=O)N[C@@H]1C. The first-order chi connectivity index (χ1) is 12.2. The predicted molar refractivity (Wildman–Crippen MR) is 81.7 cm³/mol. The summed E-state index contributed by atoms with van der Waals surface area (Å²) >= 11 is 0.256. The van der Waals surface area contributed by atoms with Crippen LogP contribution in [-0.4, -0.2) is 30.4 Å². The summed E-state index contributed by atoms with van der Waals surface area (Å²) in [6.07, 6.45) is 0. The number of urea groups is 1. The fourth-order valence-electron chi connectivity index (χ4n) is 2.25. The van der Waals surface area contributed by atoms with E-state index in [-0.39, 0.29) is 29.6 Å². The second-order valence-corrected chi connectivity index (χ2v) is 6.11. The summed E-state index contributed by atoms with van der Waals surface area (Å²) in [6, 6.07) is -1.45. The van der Waals surface area contributed by atoms with Crippen LogP contribution in [0.4, 0.5) is 26.7 Å². The maximum absolute atomic E-state index is 13.7. The molecule has 142 valence electrons. The van der Waals surface area contributed by atoms with Gasteiger partial charge in [-0.3, -0.25) is 0 Å². The molecule has 0 bridgehead atoms. The zero-order valence-corrected chi connectivity index (χ0v) is 14.3. The normalized spacial score (nSPS) is 17.0. The summed E-state index contributed by atoms with van der Waals surface area (Å²) in [6.45, 7) is 3.08. The van der Waals surface area contributed by atoms with Gasteiger partial charge < -0.3 is 15.4 Å². The molecule has 0 unspecified atom stereocenters. The van der Waals surface area contributed by atoms with Crippen LogP contribution in [0.15, 0.2) is 16.2 Å². The molecular weight excluding hydrogens is 383 g/mol. The van der Waals surface area contributed by atoms with Crippen LogP contribution in [0.3, 0.4) is 0 Å². The number of halogens is 5. The Labute approximate surface area is 149 Å². The molecule has 5 nitrogen and oxygen atoms in total. The number of carbonyl (C=O) groups excluding carboxylic acids is 2. The average molecular weight is 396 g/mol. The first-order valence-corrected chi connectivity index (χ1v) is 8.29. The van der Waals surface area contributed by atoms with Gasteiger partial charge in [0.1, 0.15) is 0 Å². The highest BCUT2D eigenvalue weighted by molar-refractivity contribution is 7.99. The van der Waals surface area contributed by atoms with Crippen LogP contribution in [0.2, 0.25) is 0 Å². The number of rotatable bonds is 5. The molecule has 1 aliphatic rings. The van der Waals surface area contributed by atoms with E-state index in [0.717, 1.165) is 0 Å². The van der Waals surface area contributed by atoms with Gasteiger partial charge in [0.25, 0.3) is 0 Å². The van der Waals surface area contributed by atoms with Gasteiger partial charge in [0.05, 0.1) is 23.1 Å². The van der Waals surface area contributed by atoms with Crippen molar-refractivity contribution < 1.29 is 36.3 Å². The minimum atomic E-state index is -2.26. The minimum absolute atomic E-state index is 0.0113. The molecule has 0 fully saturated rings. The van der Waals surface area contributed by atoms with E-state index in [1.54, 1.807) is 6.92 Å². The van der Waals surface area contributed by atoms with E-state index in [2.05, 4.69) is 10.6 Å². The molecule has 2 rings (SSSR count). The van der Waals surface area contributed by atoms with Gasteiger partial charge in [-0.1, -0.05) is 0 Å². The van der Waals surface area contributed by atoms with E-state index in [0.29, 0.717) is 0 Å². The van der Waals surface area contributed by atoms with E-state index >= 15 is 0 Å². The summed E-state index contributed by atoms with van der Waals surface area (Å²) in [5.41, 5.74) is -0.0588. The van der Waals surface area contributed by atoms with E-state index in [4.69, 9.17) is 4.74 Å². The van der Waals surface area contributed by atoms with Gasteiger partial charge >= 0.3 is 12.0 Å². The lowest BCUT2D eigenvalue weighted by Crippen LogP contribution is -2.49. The highest BCUT2D eigenvalue weighted by Gasteiger charge is 2.31. The lowest BCUT2D eigenvalue weighted by Gasteiger charge is -2.26. The summed E-state index contributed by atoms with van der Waals surface area (Å²) in [5, 5.41) is 4.70. The van der Waals surface area contributed by atoms with Crippen LogP contribution in [0, 0.1) is 29.1 Å². The minimum Gasteiger partial charge on any atom is -0.463 e. The first-order valence-electron chi connectivity index (χ1n) is 7.30. The number of esters is 1. The topological polar surface area (TPSA) is 67.4 Å². The molecule has 11 heteroatoms. The second kappa shape index (κ2) is 7.94. The number of benzene rings is 1. The number of hydrogen-bond acceptors (Lipinski definition) is 4. The molecule has 0 spiro atoms. The molecule has 2 amide bonds. The van der Waals surface area contributed by atoms with Gasteiger partial charge in [-0.05, 0) is 13.8 Å². The maximum Gasteiger partial charge on any atom is 0.337 e. The van der Waals surface area contributed by atoms with Crippen LogP contribution < -0.4 is 10.6 Å². The molecule has 0 radical (unpaired) electrons. The number of ether oxygens (including phenoxy) is 1. The highest BCUT2D eigenvalue weighted by atomic mass is 32.2. The molecule has 26 heavy (non-hydrogen) atoms. The maximum atomic E-state index is 13.7. The highest BCUT2D eigenvalue weighted by Crippen LogP contribution is 2.32. The zero-order valence-electron chi connectivity index (χ0n) is 13.5. The van der Waals surface area contributed by atoms with Crippen molar-refractivity contribution in [2.75, 3.05) is 12.4 Å². The van der Waals surface area contributed by atoms with Gasteiger partial charge in [-0.15, -0.1) is 11.8 Å². The molecule has 0 saturated heterocycles. The number of hydrogen-bond donors (Lipinski definition) is 2. The Kier molecular flexibility index (Phi) is 6.11. The van der Waals surface area contributed by atoms with Gasteiger partial charge in [-0.25, -0.2) is 31.5 Å². The Morgan fingerprint density at radius 2 is 1.62 bits per heavy atom. The van der Waals surface area contributed by atoms with Gasteiger partial charge in [0.2, 0.25) is 5.82 Å². The number of carbonyl (C=O) groups is 2. The largest absolute Gasteiger partial charge is 0.463 e. The van der Waals surface area contributed by atoms with Gasteiger partial charge in [0, 0.05) is 11.4 Å². The fraction of sp³-hybridized carbons (Fsp3) is 0.333. The zero-order chi connectivity index (χ0) is 19.6. The standard InChI is InChI=1S/C15H13F5N2O3S/c1-3-25-14(23)7-5(2)21-15(24)22-6(7)4-26-13-11(19)9(17)8(16)10(18)12(13)20/h5H,3-4H2,1-2H3,(H2,21,22,24)/t5-/m1/s1. The molecule has 2 N–H and O–H groups in total. The lowest BCUT2D eigenvalue weighted by molar-refractivity contribution is -0.138. The summed E-state index contributed by atoms with van der Waals surface area (Å²) in [4.78, 5) is 22.5. The van der Waals surface area contributed by atoms with E-state index in [1.165, 1.54) is 6.92 Å². The van der Waals surface area contributed by atoms with Crippen molar-refractivity contribution in [1.82, 2.24) is 10.6 Å². The van der Waals surface area contributed by atoms with Crippen LogP contribution in [0.1, 0.15) is 13.8 Å². The Bertz CT molecular complexity index is 771. The fourth-order valence-corrected chi connectivity index (χ4v) is 3.20. The van der Waals surface area contributed by atoms with E-state index < -0.39 is 57.8 Å². The molecule has 0 aromatic heterocycles. The van der Waals surface area contributed by atoms with Crippen molar-refractivity contribution in [1.29, 1.82) is 0 Å². The second-order valence-electron chi connectivity index (χ2n) is 5.12. The Morgan fingerprint density at radius 1 is 1.08 bits per heavy atom. The molecule has 1 aromatic carbocycles. The van der Waals surface area contributed by atoms with Crippen LogP contribution in [0.5, 0.6) is 0 Å². The van der Waals surface area contributed by atoms with Crippen molar-refractivity contribution in [3.05, 3.63) is 40.4 Å². The van der Waals surface area contributed by atoms with E-state index in [9.17, 15) is 31.5 Å². The monoisotopic (exact) mass is 396 g/mol. The Hall–Kier alpha value is -2.30. The van der Waals surface area contributed by atoms with Crippen molar-refractivity contribution >= 4 is 23.8 Å². The van der Waals surface area contributed by atoms with Crippen molar-refractivity contribution in [3.63, 3.8) is 0 Å². The molecular formula is C15H13F5N2O3S. The van der Waals surface area contributed by atoms with E-state index in [1.807, 2.05) is 0 Å². The summed E-state index contributed by atoms with van der Waals surface area (Å²) in [7, 11) is 0. The number of nitrogens with one attached hydrogen (secondary N) is 2. The summed E-state index contributed by atoms with van der Waals surface area (Å²) < 4.78 is 71.9. The third-order valence-electron chi connectivity index (χ3n) is 3.40. The van der Waals surface area contributed by atoms with Crippen LogP contribution >= 0.6 is 11.8 Å². The third-order valence-corrected chi connectivity index (χ3v) is 4.48. The van der Waals surface area contributed by atoms with Gasteiger partial charge in [-0.2, -0.15) is 0 Å². The first kappa shape index (κ1) is 20.0. The Morgan fingerprint density at radius 3 is 2.15 bits per heavy atom. The molecule has 0 aliphatic carbocycles. The Balaban J connectivity index is 2.38. The molecule has 1 aromatic rings.